The molecular formula is C16H13F2N. The van der Waals surface area contributed by atoms with Crippen LogP contribution < -0.4 is 9.27 Å². The summed E-state index contributed by atoms with van der Waals surface area (Å²) in [7, 11) is 0. The van der Waals surface area contributed by atoms with E-state index < -0.39 is 0 Å². The monoisotopic (exact) mass is 257 g/mol. The zero-order valence-electron chi connectivity index (χ0n) is 10.5. The number of hydrogen-bond donors (Lipinski definition) is 0. The Labute approximate surface area is 110 Å². The maximum atomic E-state index is 14.2. The average molecular weight is 257 g/mol. The van der Waals surface area contributed by atoms with Crippen LogP contribution in [-0.4, -0.2) is 0 Å². The summed E-state index contributed by atoms with van der Waals surface area (Å²) in [6.45, 7) is 1.93. The molecule has 0 bridgehead atoms. The van der Waals surface area contributed by atoms with Crippen molar-refractivity contribution in [2.45, 2.75) is 6.92 Å². The van der Waals surface area contributed by atoms with Crippen LogP contribution in [0.25, 0.3) is 16.6 Å². The lowest BCUT2D eigenvalue weighted by Crippen LogP contribution is -3.00. The van der Waals surface area contributed by atoms with Gasteiger partial charge in [0, 0.05) is 29.7 Å². The quantitative estimate of drug-likeness (QED) is 0.443. The third-order valence-corrected chi connectivity index (χ3v) is 3.13. The number of halogens is 2. The van der Waals surface area contributed by atoms with Crippen molar-refractivity contribution in [1.82, 2.24) is 0 Å². The molecule has 0 amide bonds. The number of para-hydroxylation sites is 2. The van der Waals surface area contributed by atoms with Crippen LogP contribution in [0.5, 0.6) is 0 Å². The first-order chi connectivity index (χ1) is 8.77. The fraction of sp³-hybridized carbons (Fsp3) is 0.0625. The molecule has 0 aliphatic rings. The number of hydrogen-bond acceptors (Lipinski definition) is 0. The third-order valence-electron chi connectivity index (χ3n) is 3.13. The van der Waals surface area contributed by atoms with Crippen molar-refractivity contribution >= 4 is 10.9 Å². The number of rotatable bonds is 1. The SMILES string of the molecule is Cc1cc(F)[n+](-c2ccccc2)c2ccccc12.[F-]. The number of fused-ring (bicyclic) bond motifs is 1. The smallest absolute Gasteiger partial charge is 0.366 e. The minimum absolute atomic E-state index is 0. The molecule has 0 unspecified atom stereocenters. The van der Waals surface area contributed by atoms with Crippen LogP contribution in [0.15, 0.2) is 60.7 Å². The lowest BCUT2D eigenvalue weighted by Gasteiger charge is -2.04. The number of benzene rings is 2. The predicted molar refractivity (Wildman–Crippen MR) is 70.2 cm³/mol. The summed E-state index contributed by atoms with van der Waals surface area (Å²) in [4.78, 5) is 0. The second-order valence-electron chi connectivity index (χ2n) is 4.34. The van der Waals surface area contributed by atoms with E-state index in [0.717, 1.165) is 22.2 Å². The molecule has 0 aliphatic carbocycles. The van der Waals surface area contributed by atoms with Crippen molar-refractivity contribution in [1.29, 1.82) is 0 Å². The Morgan fingerprint density at radius 3 is 2.26 bits per heavy atom. The summed E-state index contributed by atoms with van der Waals surface area (Å²) in [5, 5.41) is 1.07. The minimum Gasteiger partial charge on any atom is -1.00 e. The molecule has 0 spiro atoms. The van der Waals surface area contributed by atoms with Gasteiger partial charge >= 0.3 is 5.95 Å². The van der Waals surface area contributed by atoms with Gasteiger partial charge in [-0.1, -0.05) is 30.3 Å². The number of aromatic nitrogens is 1. The van der Waals surface area contributed by atoms with Crippen LogP contribution in [0, 0.1) is 12.9 Å². The van der Waals surface area contributed by atoms with Crippen LogP contribution in [-0.2, 0) is 0 Å². The highest BCUT2D eigenvalue weighted by Gasteiger charge is 2.19. The van der Waals surface area contributed by atoms with Crippen molar-refractivity contribution in [2.75, 3.05) is 0 Å². The van der Waals surface area contributed by atoms with E-state index in [1.807, 2.05) is 61.5 Å². The van der Waals surface area contributed by atoms with E-state index in [1.165, 1.54) is 0 Å². The molecule has 19 heavy (non-hydrogen) atoms. The van der Waals surface area contributed by atoms with E-state index in [-0.39, 0.29) is 10.7 Å². The zero-order valence-corrected chi connectivity index (χ0v) is 10.5. The Morgan fingerprint density at radius 1 is 0.895 bits per heavy atom. The highest BCUT2D eigenvalue weighted by molar-refractivity contribution is 5.79. The molecule has 3 rings (SSSR count). The third kappa shape index (κ3) is 2.19. The Kier molecular flexibility index (Phi) is 3.56. The van der Waals surface area contributed by atoms with Gasteiger partial charge < -0.3 is 4.70 Å². The van der Waals surface area contributed by atoms with Gasteiger partial charge in [0.05, 0.1) is 0 Å². The molecule has 0 radical (unpaired) electrons. The fourth-order valence-electron chi connectivity index (χ4n) is 2.28. The average Bonchev–Trinajstić information content (AvgIpc) is 2.40. The zero-order chi connectivity index (χ0) is 12.5. The number of pyridine rings is 1. The van der Waals surface area contributed by atoms with Crippen LogP contribution in [0.4, 0.5) is 4.39 Å². The molecule has 3 heteroatoms. The number of aryl methyl sites for hydroxylation is 1. The fourth-order valence-corrected chi connectivity index (χ4v) is 2.28. The van der Waals surface area contributed by atoms with E-state index in [0.29, 0.717) is 0 Å². The topological polar surface area (TPSA) is 3.88 Å². The first kappa shape index (κ1) is 13.1. The highest BCUT2D eigenvalue weighted by Crippen LogP contribution is 2.17. The second-order valence-corrected chi connectivity index (χ2v) is 4.34. The molecule has 0 saturated carbocycles. The van der Waals surface area contributed by atoms with Crippen molar-refractivity contribution in [3.63, 3.8) is 0 Å². The lowest BCUT2D eigenvalue weighted by molar-refractivity contribution is -0.600. The normalized spacial score (nSPS) is 10.2. The van der Waals surface area contributed by atoms with E-state index in [4.69, 9.17) is 0 Å². The maximum Gasteiger partial charge on any atom is 0.366 e. The molecule has 1 heterocycles. The largest absolute Gasteiger partial charge is 1.00 e. The van der Waals surface area contributed by atoms with E-state index in [9.17, 15) is 4.39 Å². The lowest BCUT2D eigenvalue weighted by atomic mass is 10.1. The van der Waals surface area contributed by atoms with Crippen LogP contribution in [0.2, 0.25) is 0 Å². The molecular weight excluding hydrogens is 244 g/mol. The van der Waals surface area contributed by atoms with E-state index in [2.05, 4.69) is 0 Å². The summed E-state index contributed by atoms with van der Waals surface area (Å²) < 4.78 is 15.9. The summed E-state index contributed by atoms with van der Waals surface area (Å²) in [5.74, 6) is -0.239. The second kappa shape index (κ2) is 5.14. The van der Waals surface area contributed by atoms with Gasteiger partial charge in [-0.15, -0.1) is 8.96 Å². The summed E-state index contributed by atoms with van der Waals surface area (Å²) in [5.41, 5.74) is 2.68. The molecule has 3 aromatic rings. The van der Waals surface area contributed by atoms with Crippen molar-refractivity contribution in [3.05, 3.63) is 72.2 Å². The minimum atomic E-state index is -0.239. The molecule has 0 N–H and O–H groups in total. The van der Waals surface area contributed by atoms with Gasteiger partial charge in [-0.05, 0) is 18.6 Å². The number of nitrogens with zero attached hydrogens (tertiary/aromatic N) is 1. The van der Waals surface area contributed by atoms with Gasteiger partial charge in [0.1, 0.15) is 0 Å². The van der Waals surface area contributed by atoms with Gasteiger partial charge in [-0.3, -0.25) is 0 Å². The Hall–Kier alpha value is -2.29. The molecule has 1 nitrogen and oxygen atoms in total. The van der Waals surface area contributed by atoms with Crippen molar-refractivity contribution in [2.24, 2.45) is 0 Å². The van der Waals surface area contributed by atoms with E-state index >= 15 is 0 Å². The van der Waals surface area contributed by atoms with Crippen LogP contribution in [0.3, 0.4) is 0 Å². The Balaban J connectivity index is 0.00000133. The molecule has 2 aromatic carbocycles. The molecule has 1 aromatic heterocycles. The van der Waals surface area contributed by atoms with Gasteiger partial charge in [-0.2, -0.15) is 0 Å². The van der Waals surface area contributed by atoms with Gasteiger partial charge in [0.15, 0.2) is 0 Å². The highest BCUT2D eigenvalue weighted by atomic mass is 19.1. The standard InChI is InChI=1S/C16H13FN.FH/c1-12-11-16(17)18(13-7-3-2-4-8-13)15-10-6-5-9-14(12)15;/h2-11H,1H3;1H/q+1;/p-1. The summed E-state index contributed by atoms with van der Waals surface area (Å²) in [6, 6.07) is 19.0. The van der Waals surface area contributed by atoms with Crippen molar-refractivity contribution < 1.29 is 13.7 Å². The summed E-state index contributed by atoms with van der Waals surface area (Å²) >= 11 is 0. The molecule has 0 saturated heterocycles. The Bertz CT molecular complexity index is 709. The predicted octanol–water partition coefficient (Wildman–Crippen LogP) is 0.568. The van der Waals surface area contributed by atoms with Crippen molar-refractivity contribution in [3.8, 4) is 5.69 Å². The first-order valence-electron chi connectivity index (χ1n) is 5.93. The first-order valence-corrected chi connectivity index (χ1v) is 5.93. The van der Waals surface area contributed by atoms with Crippen LogP contribution >= 0.6 is 0 Å². The maximum absolute atomic E-state index is 14.2. The molecule has 96 valence electrons. The van der Waals surface area contributed by atoms with Gasteiger partial charge in [0.2, 0.25) is 11.2 Å². The van der Waals surface area contributed by atoms with E-state index in [1.54, 1.807) is 10.6 Å². The van der Waals surface area contributed by atoms with Crippen LogP contribution in [0.1, 0.15) is 5.56 Å². The Morgan fingerprint density at radius 2 is 1.53 bits per heavy atom. The molecule has 0 aliphatic heterocycles. The van der Waals surface area contributed by atoms with Gasteiger partial charge in [0.25, 0.3) is 0 Å². The molecule has 0 atom stereocenters. The molecule has 0 fully saturated rings. The summed E-state index contributed by atoms with van der Waals surface area (Å²) in [6.07, 6.45) is 0. The van der Waals surface area contributed by atoms with Gasteiger partial charge in [-0.25, -0.2) is 0 Å².